The molecule has 0 aliphatic carbocycles. The first-order valence-electron chi connectivity index (χ1n) is 5.46. The molecule has 0 atom stereocenters. The molecule has 0 aliphatic rings. The van der Waals surface area contributed by atoms with Crippen LogP contribution in [0.2, 0.25) is 0 Å². The van der Waals surface area contributed by atoms with E-state index in [2.05, 4.69) is 16.0 Å². The van der Waals surface area contributed by atoms with Crippen LogP contribution in [0.3, 0.4) is 0 Å². The van der Waals surface area contributed by atoms with Crippen LogP contribution in [0.5, 0.6) is 0 Å². The largest absolute Gasteiger partial charge is 0.324 e. The van der Waals surface area contributed by atoms with Crippen molar-refractivity contribution >= 4 is 10.9 Å². The summed E-state index contributed by atoms with van der Waals surface area (Å²) < 4.78 is 2.00. The maximum Gasteiger partial charge on any atom is 0.127 e. The van der Waals surface area contributed by atoms with E-state index in [1.165, 1.54) is 0 Å². The number of hydrogen-bond acceptors (Lipinski definition) is 3. The topological polar surface area (TPSA) is 56.7 Å². The maximum absolute atomic E-state index is 5.68. The number of hydrogen-bond donors (Lipinski definition) is 1. The fourth-order valence-corrected chi connectivity index (χ4v) is 2.00. The molecule has 0 amide bonds. The number of nitrogens with zero attached hydrogens (tertiary/aromatic N) is 3. The summed E-state index contributed by atoms with van der Waals surface area (Å²) in [5.74, 6) is 0.848. The second-order valence-corrected chi connectivity index (χ2v) is 3.76. The van der Waals surface area contributed by atoms with Gasteiger partial charge in [0.05, 0.1) is 17.7 Å². The van der Waals surface area contributed by atoms with Gasteiger partial charge in [0.15, 0.2) is 0 Å². The smallest absolute Gasteiger partial charge is 0.127 e. The van der Waals surface area contributed by atoms with Crippen molar-refractivity contribution in [2.75, 3.05) is 0 Å². The zero-order valence-electron chi connectivity index (χ0n) is 9.24. The molecule has 4 nitrogen and oxygen atoms in total. The third-order valence-corrected chi connectivity index (χ3v) is 2.79. The van der Waals surface area contributed by atoms with E-state index in [0.717, 1.165) is 22.4 Å². The van der Waals surface area contributed by atoms with Gasteiger partial charge in [0, 0.05) is 24.0 Å². The minimum Gasteiger partial charge on any atom is -0.324 e. The summed E-state index contributed by atoms with van der Waals surface area (Å²) in [5, 5.41) is 1.10. The minimum absolute atomic E-state index is 0.420. The van der Waals surface area contributed by atoms with Crippen molar-refractivity contribution in [3.05, 3.63) is 54.7 Å². The van der Waals surface area contributed by atoms with Crippen LogP contribution < -0.4 is 5.73 Å². The quantitative estimate of drug-likeness (QED) is 0.723. The van der Waals surface area contributed by atoms with Gasteiger partial charge in [0.1, 0.15) is 5.82 Å². The summed E-state index contributed by atoms with van der Waals surface area (Å²) in [6, 6.07) is 10.0. The van der Waals surface area contributed by atoms with E-state index in [9.17, 15) is 0 Å². The van der Waals surface area contributed by atoms with Crippen LogP contribution in [0.1, 0.15) is 5.82 Å². The Hall–Kier alpha value is -2.20. The molecule has 2 N–H and O–H groups in total. The molecule has 0 unspecified atom stereocenters. The lowest BCUT2D eigenvalue weighted by Crippen LogP contribution is -2.06. The summed E-state index contributed by atoms with van der Waals surface area (Å²) in [7, 11) is 0. The van der Waals surface area contributed by atoms with Gasteiger partial charge in [0.2, 0.25) is 0 Å². The molecule has 2 heterocycles. The zero-order valence-corrected chi connectivity index (χ0v) is 9.24. The van der Waals surface area contributed by atoms with Gasteiger partial charge >= 0.3 is 0 Å². The minimum atomic E-state index is 0.420. The van der Waals surface area contributed by atoms with Gasteiger partial charge in [-0.05, 0) is 12.1 Å². The van der Waals surface area contributed by atoms with Crippen molar-refractivity contribution in [1.82, 2.24) is 14.5 Å². The van der Waals surface area contributed by atoms with Crippen LogP contribution in [-0.4, -0.2) is 14.5 Å². The predicted octanol–water partition coefficient (Wildman–Crippen LogP) is 1.88. The molecule has 0 spiro atoms. The Bertz CT molecular complexity index is 652. The SMILES string of the molecule is NCc1nccn1-c1ccnc2ccccc12. The van der Waals surface area contributed by atoms with Crippen LogP contribution in [0, 0.1) is 0 Å². The van der Waals surface area contributed by atoms with Gasteiger partial charge in [-0.25, -0.2) is 4.98 Å². The van der Waals surface area contributed by atoms with Crippen molar-refractivity contribution in [2.24, 2.45) is 5.73 Å². The Labute approximate surface area is 98.7 Å². The highest BCUT2D eigenvalue weighted by Crippen LogP contribution is 2.20. The second-order valence-electron chi connectivity index (χ2n) is 3.76. The Morgan fingerprint density at radius 1 is 1.06 bits per heavy atom. The van der Waals surface area contributed by atoms with Crippen LogP contribution >= 0.6 is 0 Å². The van der Waals surface area contributed by atoms with Gasteiger partial charge in [-0.15, -0.1) is 0 Å². The highest BCUT2D eigenvalue weighted by molar-refractivity contribution is 5.86. The summed E-state index contributed by atoms with van der Waals surface area (Å²) in [5.41, 5.74) is 7.71. The lowest BCUT2D eigenvalue weighted by atomic mass is 10.2. The Morgan fingerprint density at radius 2 is 1.94 bits per heavy atom. The number of aromatic nitrogens is 3. The standard InChI is InChI=1S/C13H12N4/c14-9-13-16-7-8-17(13)12-5-6-15-11-4-2-1-3-10(11)12/h1-8H,9,14H2. The van der Waals surface area contributed by atoms with Crippen LogP contribution in [-0.2, 0) is 6.54 Å². The molecule has 3 aromatic rings. The van der Waals surface area contributed by atoms with E-state index in [0.29, 0.717) is 6.54 Å². The summed E-state index contributed by atoms with van der Waals surface area (Å²) in [6.07, 6.45) is 5.49. The molecule has 0 radical (unpaired) electrons. The van der Waals surface area contributed by atoms with E-state index in [1.54, 1.807) is 12.4 Å². The first-order chi connectivity index (χ1) is 8.40. The van der Waals surface area contributed by atoms with Crippen molar-refractivity contribution in [1.29, 1.82) is 0 Å². The molecule has 0 aliphatic heterocycles. The number of nitrogens with two attached hydrogens (primary N) is 1. The van der Waals surface area contributed by atoms with Crippen molar-refractivity contribution in [3.8, 4) is 5.69 Å². The third kappa shape index (κ3) is 1.59. The second kappa shape index (κ2) is 3.99. The number of imidazole rings is 1. The van der Waals surface area contributed by atoms with Gasteiger partial charge in [-0.3, -0.25) is 4.98 Å². The summed E-state index contributed by atoms with van der Waals surface area (Å²) >= 11 is 0. The molecule has 1 aromatic carbocycles. The molecular weight excluding hydrogens is 212 g/mol. The van der Waals surface area contributed by atoms with Crippen molar-refractivity contribution in [3.63, 3.8) is 0 Å². The first kappa shape index (κ1) is 9.99. The summed E-state index contributed by atoms with van der Waals surface area (Å²) in [4.78, 5) is 8.58. The maximum atomic E-state index is 5.68. The Kier molecular flexibility index (Phi) is 2.34. The Balaban J connectivity index is 2.31. The third-order valence-electron chi connectivity index (χ3n) is 2.79. The van der Waals surface area contributed by atoms with E-state index in [-0.39, 0.29) is 0 Å². The number of benzene rings is 1. The molecular formula is C13H12N4. The molecule has 3 rings (SSSR count). The van der Waals surface area contributed by atoms with Gasteiger partial charge < -0.3 is 10.3 Å². The van der Waals surface area contributed by atoms with E-state index in [4.69, 9.17) is 5.73 Å². The van der Waals surface area contributed by atoms with Gasteiger partial charge in [0.25, 0.3) is 0 Å². The van der Waals surface area contributed by atoms with E-state index in [1.807, 2.05) is 35.0 Å². The van der Waals surface area contributed by atoms with Gasteiger partial charge in [-0.2, -0.15) is 0 Å². The number of pyridine rings is 1. The molecule has 17 heavy (non-hydrogen) atoms. The Morgan fingerprint density at radius 3 is 2.82 bits per heavy atom. The van der Waals surface area contributed by atoms with E-state index < -0.39 is 0 Å². The molecule has 0 bridgehead atoms. The number of fused-ring (bicyclic) bond motifs is 1. The predicted molar refractivity (Wildman–Crippen MR) is 66.8 cm³/mol. The highest BCUT2D eigenvalue weighted by atomic mass is 15.1. The zero-order chi connectivity index (χ0) is 11.7. The van der Waals surface area contributed by atoms with Crippen LogP contribution in [0.25, 0.3) is 16.6 Å². The monoisotopic (exact) mass is 224 g/mol. The number of rotatable bonds is 2. The fraction of sp³-hybridized carbons (Fsp3) is 0.0769. The lowest BCUT2D eigenvalue weighted by Gasteiger charge is -2.09. The van der Waals surface area contributed by atoms with Crippen molar-refractivity contribution in [2.45, 2.75) is 6.54 Å². The first-order valence-corrected chi connectivity index (χ1v) is 5.46. The molecule has 4 heteroatoms. The molecule has 0 saturated carbocycles. The van der Waals surface area contributed by atoms with Crippen LogP contribution in [0.15, 0.2) is 48.9 Å². The molecule has 84 valence electrons. The molecule has 0 saturated heterocycles. The van der Waals surface area contributed by atoms with Crippen LogP contribution in [0.4, 0.5) is 0 Å². The number of para-hydroxylation sites is 1. The average Bonchev–Trinajstić information content (AvgIpc) is 2.86. The molecule has 0 fully saturated rings. The molecule has 2 aromatic heterocycles. The van der Waals surface area contributed by atoms with Gasteiger partial charge in [-0.1, -0.05) is 18.2 Å². The fourth-order valence-electron chi connectivity index (χ4n) is 2.00. The highest BCUT2D eigenvalue weighted by Gasteiger charge is 2.06. The van der Waals surface area contributed by atoms with Crippen molar-refractivity contribution < 1.29 is 0 Å². The summed E-state index contributed by atoms with van der Waals surface area (Å²) in [6.45, 7) is 0.420. The average molecular weight is 224 g/mol. The normalized spacial score (nSPS) is 10.9. The lowest BCUT2D eigenvalue weighted by molar-refractivity contribution is 0.871. The van der Waals surface area contributed by atoms with E-state index >= 15 is 0 Å².